The maximum Gasteiger partial charge on any atom is 0.249 e. The highest BCUT2D eigenvalue weighted by Gasteiger charge is 2.22. The van der Waals surface area contributed by atoms with Gasteiger partial charge in [-0.25, -0.2) is 0 Å². The summed E-state index contributed by atoms with van der Waals surface area (Å²) in [6.45, 7) is 4.20. The summed E-state index contributed by atoms with van der Waals surface area (Å²) in [6.07, 6.45) is 70.9. The van der Waals surface area contributed by atoms with E-state index in [-0.39, 0.29) is 6.61 Å². The minimum absolute atomic E-state index is 0.379. The van der Waals surface area contributed by atoms with E-state index in [1.54, 1.807) is 6.08 Å². The third-order valence-corrected chi connectivity index (χ3v) is 13.5. The lowest BCUT2D eigenvalue weighted by Crippen LogP contribution is -2.48. The molecule has 0 aliphatic rings. The number of aliphatic hydroxyl groups excluding tert-OH is 3. The first kappa shape index (κ1) is 62.6. The van der Waals surface area contributed by atoms with E-state index in [2.05, 4.69) is 43.5 Å². The first-order valence-corrected chi connectivity index (χ1v) is 28.8. The Morgan fingerprint density at radius 2 is 0.641 bits per heavy atom. The van der Waals surface area contributed by atoms with E-state index in [1.165, 1.54) is 244 Å². The van der Waals surface area contributed by atoms with Gasteiger partial charge in [0.25, 0.3) is 0 Å². The van der Waals surface area contributed by atoms with E-state index in [4.69, 9.17) is 0 Å². The minimum atomic E-state index is -1.11. The SMILES string of the molecule is CCCCCCCCCCCCCCCC/C=C/CC/C=C/CC/C=C/C(O)C(CO)NC(=O)C(O)CCCCCCCCCCCCCCCCCCCCCCCCCCCC. The average Bonchev–Trinajstić information content (AvgIpc) is 3.30. The summed E-state index contributed by atoms with van der Waals surface area (Å²) < 4.78 is 0. The molecule has 0 spiro atoms. The second-order valence-electron chi connectivity index (χ2n) is 19.8. The van der Waals surface area contributed by atoms with Gasteiger partial charge in [-0.3, -0.25) is 4.79 Å². The van der Waals surface area contributed by atoms with Crippen LogP contribution in [-0.4, -0.2) is 46.1 Å². The lowest BCUT2D eigenvalue weighted by Gasteiger charge is -2.21. The van der Waals surface area contributed by atoms with Crippen molar-refractivity contribution in [2.45, 2.75) is 327 Å². The van der Waals surface area contributed by atoms with E-state index in [0.717, 1.165) is 44.9 Å². The number of rotatable bonds is 53. The number of carbonyl (C=O) groups is 1. The topological polar surface area (TPSA) is 89.8 Å². The molecule has 0 heterocycles. The molecule has 64 heavy (non-hydrogen) atoms. The standard InChI is InChI=1S/C59H113NO4/c1-3-5-7-9-11-13-15-17-19-21-23-25-27-29-30-32-34-36-38-40-42-44-46-48-50-52-54-58(63)59(64)60-56(55-61)57(62)53-51-49-47-45-43-41-39-37-35-33-31-28-26-24-22-20-18-16-14-12-10-8-6-4-2/h35,37,43,45,51,53,56-58,61-63H,3-34,36,38-42,44,46-50,52,54-55H2,1-2H3,(H,60,64)/b37-35+,45-43+,53-51+. The van der Waals surface area contributed by atoms with Crippen LogP contribution in [0.2, 0.25) is 0 Å². The van der Waals surface area contributed by atoms with Crippen LogP contribution in [-0.2, 0) is 4.79 Å². The number of unbranched alkanes of at least 4 members (excludes halogenated alkanes) is 41. The van der Waals surface area contributed by atoms with Crippen molar-refractivity contribution < 1.29 is 20.1 Å². The van der Waals surface area contributed by atoms with Crippen molar-refractivity contribution >= 4 is 5.91 Å². The molecule has 3 unspecified atom stereocenters. The fraction of sp³-hybridized carbons (Fsp3) is 0.881. The lowest BCUT2D eigenvalue weighted by molar-refractivity contribution is -0.131. The van der Waals surface area contributed by atoms with Crippen LogP contribution in [0.25, 0.3) is 0 Å². The number of amides is 1. The summed E-state index contributed by atoms with van der Waals surface area (Å²) in [5, 5.41) is 33.4. The molecular formula is C59H113NO4. The number of nitrogens with one attached hydrogen (secondary N) is 1. The summed E-state index contributed by atoms with van der Waals surface area (Å²) >= 11 is 0. The molecule has 0 aromatic carbocycles. The van der Waals surface area contributed by atoms with Crippen molar-refractivity contribution in [3.63, 3.8) is 0 Å². The number of aliphatic hydroxyl groups is 3. The maximum absolute atomic E-state index is 12.6. The van der Waals surface area contributed by atoms with Crippen molar-refractivity contribution in [2.24, 2.45) is 0 Å². The van der Waals surface area contributed by atoms with Gasteiger partial charge in [0.15, 0.2) is 0 Å². The van der Waals surface area contributed by atoms with Gasteiger partial charge in [-0.1, -0.05) is 301 Å². The maximum atomic E-state index is 12.6. The Balaban J connectivity index is 3.60. The smallest absolute Gasteiger partial charge is 0.249 e. The Hall–Kier alpha value is -1.43. The molecule has 3 atom stereocenters. The Morgan fingerprint density at radius 1 is 0.375 bits per heavy atom. The number of hydrogen-bond acceptors (Lipinski definition) is 4. The Morgan fingerprint density at radius 3 is 0.953 bits per heavy atom. The number of allylic oxidation sites excluding steroid dienone is 5. The molecular weight excluding hydrogens is 787 g/mol. The van der Waals surface area contributed by atoms with Gasteiger partial charge in [0.1, 0.15) is 6.10 Å². The highest BCUT2D eigenvalue weighted by Crippen LogP contribution is 2.18. The molecule has 0 rings (SSSR count). The molecule has 5 nitrogen and oxygen atoms in total. The number of hydrogen-bond donors (Lipinski definition) is 4. The van der Waals surface area contributed by atoms with Crippen molar-refractivity contribution in [1.82, 2.24) is 5.32 Å². The summed E-state index contributed by atoms with van der Waals surface area (Å²) in [4.78, 5) is 12.6. The zero-order chi connectivity index (χ0) is 46.5. The van der Waals surface area contributed by atoms with Crippen LogP contribution >= 0.6 is 0 Å². The van der Waals surface area contributed by atoms with Crippen molar-refractivity contribution in [1.29, 1.82) is 0 Å². The second-order valence-corrected chi connectivity index (χ2v) is 19.8. The zero-order valence-electron chi connectivity index (χ0n) is 43.2. The Kier molecular flexibility index (Phi) is 53.0. The number of carbonyl (C=O) groups excluding carboxylic acids is 1. The lowest BCUT2D eigenvalue weighted by atomic mass is 10.0. The fourth-order valence-corrected chi connectivity index (χ4v) is 8.99. The first-order chi connectivity index (χ1) is 31.6. The van der Waals surface area contributed by atoms with Gasteiger partial charge in [-0.15, -0.1) is 0 Å². The third kappa shape index (κ3) is 48.5. The predicted molar refractivity (Wildman–Crippen MR) is 282 cm³/mol. The molecule has 0 bridgehead atoms. The molecule has 4 N–H and O–H groups in total. The van der Waals surface area contributed by atoms with E-state index < -0.39 is 24.2 Å². The van der Waals surface area contributed by atoms with Crippen LogP contribution in [0.5, 0.6) is 0 Å². The van der Waals surface area contributed by atoms with E-state index in [0.29, 0.717) is 6.42 Å². The van der Waals surface area contributed by atoms with Gasteiger partial charge in [-0.2, -0.15) is 0 Å². The molecule has 0 aliphatic carbocycles. The highest BCUT2D eigenvalue weighted by molar-refractivity contribution is 5.80. The fourth-order valence-electron chi connectivity index (χ4n) is 8.99. The van der Waals surface area contributed by atoms with Crippen molar-refractivity contribution in [2.75, 3.05) is 6.61 Å². The van der Waals surface area contributed by atoms with Gasteiger partial charge < -0.3 is 20.6 Å². The quantitative estimate of drug-likeness (QED) is 0.0362. The highest BCUT2D eigenvalue weighted by atomic mass is 16.3. The monoisotopic (exact) mass is 900 g/mol. The van der Waals surface area contributed by atoms with Gasteiger partial charge >= 0.3 is 0 Å². The van der Waals surface area contributed by atoms with Crippen LogP contribution in [0.1, 0.15) is 309 Å². The van der Waals surface area contributed by atoms with Crippen LogP contribution in [0, 0.1) is 0 Å². The third-order valence-electron chi connectivity index (χ3n) is 13.5. The molecule has 5 heteroatoms. The van der Waals surface area contributed by atoms with Gasteiger partial charge in [0, 0.05) is 0 Å². The molecule has 0 aromatic rings. The summed E-state index contributed by atoms with van der Waals surface area (Å²) in [6, 6.07) is -0.820. The Bertz CT molecular complexity index is 993. The van der Waals surface area contributed by atoms with E-state index in [1.807, 2.05) is 6.08 Å². The molecule has 0 fully saturated rings. The molecule has 1 amide bonds. The van der Waals surface area contributed by atoms with Crippen LogP contribution < -0.4 is 5.32 Å². The molecule has 0 aliphatic heterocycles. The Labute approximate surface area is 400 Å². The van der Waals surface area contributed by atoms with Crippen LogP contribution in [0.4, 0.5) is 0 Å². The van der Waals surface area contributed by atoms with Crippen LogP contribution in [0.15, 0.2) is 36.5 Å². The summed E-state index contributed by atoms with van der Waals surface area (Å²) in [5.74, 6) is -0.511. The second kappa shape index (κ2) is 54.2. The van der Waals surface area contributed by atoms with Gasteiger partial charge in [0.2, 0.25) is 5.91 Å². The first-order valence-electron chi connectivity index (χ1n) is 28.8. The molecule has 378 valence electrons. The summed E-state index contributed by atoms with van der Waals surface area (Å²) in [7, 11) is 0. The minimum Gasteiger partial charge on any atom is -0.394 e. The van der Waals surface area contributed by atoms with E-state index >= 15 is 0 Å². The van der Waals surface area contributed by atoms with Crippen molar-refractivity contribution in [3.8, 4) is 0 Å². The van der Waals surface area contributed by atoms with Crippen LogP contribution in [0.3, 0.4) is 0 Å². The molecule has 0 saturated heterocycles. The molecule has 0 aromatic heterocycles. The van der Waals surface area contributed by atoms with Gasteiger partial charge in [-0.05, 0) is 44.9 Å². The van der Waals surface area contributed by atoms with E-state index in [9.17, 15) is 20.1 Å². The van der Waals surface area contributed by atoms with Crippen molar-refractivity contribution in [3.05, 3.63) is 36.5 Å². The normalized spacial score (nSPS) is 13.5. The van der Waals surface area contributed by atoms with Gasteiger partial charge in [0.05, 0.1) is 18.8 Å². The predicted octanol–water partition coefficient (Wildman–Crippen LogP) is 17.8. The largest absolute Gasteiger partial charge is 0.394 e. The summed E-state index contributed by atoms with van der Waals surface area (Å²) in [5.41, 5.74) is 0. The zero-order valence-corrected chi connectivity index (χ0v) is 43.2. The average molecular weight is 901 g/mol. The molecule has 0 radical (unpaired) electrons. The molecule has 0 saturated carbocycles.